The van der Waals surface area contributed by atoms with Gasteiger partial charge in [-0.2, -0.15) is 0 Å². The Kier molecular flexibility index (Phi) is 5.33. The Morgan fingerprint density at radius 2 is 1.67 bits per heavy atom. The second-order valence-corrected chi connectivity index (χ2v) is 7.41. The Morgan fingerprint density at radius 3 is 2.37 bits per heavy atom. The first kappa shape index (κ1) is 19.8. The zero-order valence-electron chi connectivity index (χ0n) is 16.2. The lowest BCUT2D eigenvalue weighted by molar-refractivity contribution is 0.0190. The van der Waals surface area contributed by atoms with Gasteiger partial charge in [-0.3, -0.25) is 4.79 Å². The van der Waals surface area contributed by atoms with Crippen molar-refractivity contribution in [3.63, 3.8) is 0 Å². The van der Waals surface area contributed by atoms with Crippen LogP contribution in [0.2, 0.25) is 0 Å². The number of hydrogen-bond acceptors (Lipinski definition) is 6. The van der Waals surface area contributed by atoms with Crippen LogP contribution in [0.15, 0.2) is 60.7 Å². The maximum absolute atomic E-state index is 13.0. The number of aryl methyl sites for hydroxylation is 1. The van der Waals surface area contributed by atoms with Crippen molar-refractivity contribution in [3.8, 4) is 23.0 Å². The topological polar surface area (TPSA) is 107 Å². The molecule has 1 aliphatic heterocycles. The zero-order chi connectivity index (χ0) is 21.3. The second-order valence-electron chi connectivity index (χ2n) is 7.41. The average molecular weight is 406 g/mol. The van der Waals surface area contributed by atoms with Gasteiger partial charge in [0.1, 0.15) is 34.7 Å². The van der Waals surface area contributed by atoms with Gasteiger partial charge in [0.25, 0.3) is 0 Å². The molecule has 2 atom stereocenters. The Bertz CT molecular complexity index is 1060. The minimum absolute atomic E-state index is 0.00871. The van der Waals surface area contributed by atoms with Gasteiger partial charge in [0.2, 0.25) is 0 Å². The van der Waals surface area contributed by atoms with Crippen LogP contribution < -0.4 is 4.74 Å². The van der Waals surface area contributed by atoms with E-state index in [1.807, 2.05) is 30.3 Å². The molecule has 0 amide bonds. The lowest BCUT2D eigenvalue weighted by Crippen LogP contribution is -2.31. The van der Waals surface area contributed by atoms with Gasteiger partial charge in [0.15, 0.2) is 5.78 Å². The smallest absolute Gasteiger partial charge is 0.170 e. The summed E-state index contributed by atoms with van der Waals surface area (Å²) in [7, 11) is 0. The molecule has 0 bridgehead atoms. The van der Waals surface area contributed by atoms with Gasteiger partial charge in [-0.1, -0.05) is 42.5 Å². The lowest BCUT2D eigenvalue weighted by Gasteiger charge is -2.32. The summed E-state index contributed by atoms with van der Waals surface area (Å²) >= 11 is 0. The van der Waals surface area contributed by atoms with Crippen LogP contribution >= 0.6 is 0 Å². The van der Waals surface area contributed by atoms with Gasteiger partial charge in [-0.25, -0.2) is 0 Å². The number of aliphatic hydroxyl groups excluding tert-OH is 1. The largest absolute Gasteiger partial charge is 0.508 e. The molecule has 4 rings (SSSR count). The average Bonchev–Trinajstić information content (AvgIpc) is 2.74. The molecule has 0 fully saturated rings. The quantitative estimate of drug-likeness (QED) is 0.482. The van der Waals surface area contributed by atoms with Crippen LogP contribution in [0.1, 0.15) is 39.6 Å². The Balaban J connectivity index is 1.67. The van der Waals surface area contributed by atoms with E-state index < -0.39 is 12.2 Å². The van der Waals surface area contributed by atoms with E-state index in [9.17, 15) is 25.2 Å². The number of rotatable bonds is 5. The molecule has 0 aromatic heterocycles. The fourth-order valence-electron chi connectivity index (χ4n) is 3.77. The molecule has 0 radical (unpaired) electrons. The second kappa shape index (κ2) is 8.08. The van der Waals surface area contributed by atoms with Gasteiger partial charge >= 0.3 is 0 Å². The van der Waals surface area contributed by atoms with Crippen LogP contribution in [-0.4, -0.2) is 32.3 Å². The summed E-state index contributed by atoms with van der Waals surface area (Å²) in [5, 5.41) is 40.8. The Morgan fingerprint density at radius 1 is 0.967 bits per heavy atom. The lowest BCUT2D eigenvalue weighted by atomic mass is 9.90. The summed E-state index contributed by atoms with van der Waals surface area (Å²) < 4.78 is 5.96. The number of aliphatic hydroxyl groups is 1. The van der Waals surface area contributed by atoms with Gasteiger partial charge in [-0.15, -0.1) is 0 Å². The van der Waals surface area contributed by atoms with E-state index in [1.54, 1.807) is 12.1 Å². The number of phenolic OH excluding ortho intramolecular Hbond substituents is 3. The number of ether oxygens (including phenoxy) is 1. The fourth-order valence-corrected chi connectivity index (χ4v) is 3.77. The highest BCUT2D eigenvalue weighted by atomic mass is 16.5. The predicted octanol–water partition coefficient (Wildman–Crippen LogP) is 3.66. The number of hydrogen-bond donors (Lipinski definition) is 4. The normalized spacial score (nSPS) is 17.8. The van der Waals surface area contributed by atoms with Crippen LogP contribution in [0.3, 0.4) is 0 Å². The van der Waals surface area contributed by atoms with Crippen molar-refractivity contribution in [1.82, 2.24) is 0 Å². The van der Waals surface area contributed by atoms with Crippen LogP contribution in [0, 0.1) is 0 Å². The van der Waals surface area contributed by atoms with Crippen molar-refractivity contribution >= 4 is 5.78 Å². The first-order valence-corrected chi connectivity index (χ1v) is 9.72. The molecule has 0 saturated carbocycles. The van der Waals surface area contributed by atoms with E-state index in [0.29, 0.717) is 17.5 Å². The number of carbonyl (C=O) groups excluding carboxylic acids is 1. The molecule has 1 heterocycles. The summed E-state index contributed by atoms with van der Waals surface area (Å²) in [4.78, 5) is 13.0. The molecule has 0 aliphatic carbocycles. The van der Waals surface area contributed by atoms with Crippen molar-refractivity contribution in [2.24, 2.45) is 0 Å². The molecule has 0 unspecified atom stereocenters. The number of Topliss-reactive ketones (excluding diaryl/α,β-unsaturated/α-hetero) is 1. The number of ketones is 1. The van der Waals surface area contributed by atoms with Crippen molar-refractivity contribution in [1.29, 1.82) is 0 Å². The Hall–Kier alpha value is -3.51. The Labute approximate surface area is 173 Å². The molecule has 3 aromatic carbocycles. The maximum Gasteiger partial charge on any atom is 0.170 e. The van der Waals surface area contributed by atoms with Crippen molar-refractivity contribution in [2.75, 3.05) is 0 Å². The molecule has 3 aromatic rings. The minimum Gasteiger partial charge on any atom is -0.508 e. The van der Waals surface area contributed by atoms with Crippen molar-refractivity contribution in [3.05, 3.63) is 82.9 Å². The predicted molar refractivity (Wildman–Crippen MR) is 110 cm³/mol. The summed E-state index contributed by atoms with van der Waals surface area (Å²) in [6.45, 7) is 0. The van der Waals surface area contributed by atoms with E-state index >= 15 is 0 Å². The molecular weight excluding hydrogens is 384 g/mol. The molecule has 0 spiro atoms. The minimum atomic E-state index is -0.968. The van der Waals surface area contributed by atoms with Gasteiger partial charge in [0, 0.05) is 24.5 Å². The molecular formula is C24H22O6. The monoisotopic (exact) mass is 406 g/mol. The molecule has 6 nitrogen and oxygen atoms in total. The van der Waals surface area contributed by atoms with Gasteiger partial charge < -0.3 is 25.2 Å². The molecule has 0 saturated heterocycles. The van der Waals surface area contributed by atoms with Crippen LogP contribution in [-0.2, 0) is 12.8 Å². The SMILES string of the molecule is O=C(CCc1ccccc1)c1c(O)cc(O)c2c1O[C@H](c1ccc(O)cc1)[C@H](O)C2. The number of fused-ring (bicyclic) bond motifs is 1. The van der Waals surface area contributed by atoms with E-state index in [4.69, 9.17) is 4.74 Å². The van der Waals surface area contributed by atoms with Crippen molar-refractivity contribution in [2.45, 2.75) is 31.5 Å². The highest BCUT2D eigenvalue weighted by Crippen LogP contribution is 2.46. The highest BCUT2D eigenvalue weighted by Gasteiger charge is 2.35. The highest BCUT2D eigenvalue weighted by molar-refractivity contribution is 6.02. The number of aromatic hydroxyl groups is 3. The number of carbonyl (C=O) groups is 1. The summed E-state index contributed by atoms with van der Waals surface area (Å²) in [5.41, 5.74) is 1.90. The van der Waals surface area contributed by atoms with E-state index in [1.165, 1.54) is 12.1 Å². The van der Waals surface area contributed by atoms with E-state index in [-0.39, 0.29) is 47.2 Å². The third kappa shape index (κ3) is 3.82. The zero-order valence-corrected chi connectivity index (χ0v) is 16.2. The van der Waals surface area contributed by atoms with Crippen LogP contribution in [0.25, 0.3) is 0 Å². The first-order chi connectivity index (χ1) is 14.4. The molecule has 1 aliphatic rings. The maximum atomic E-state index is 13.0. The number of benzene rings is 3. The van der Waals surface area contributed by atoms with Crippen LogP contribution in [0.5, 0.6) is 23.0 Å². The summed E-state index contributed by atoms with van der Waals surface area (Å²) in [6, 6.07) is 16.8. The van der Waals surface area contributed by atoms with Gasteiger partial charge in [-0.05, 0) is 29.7 Å². The van der Waals surface area contributed by atoms with Crippen molar-refractivity contribution < 1.29 is 30.0 Å². The molecule has 4 N–H and O–H groups in total. The number of phenols is 3. The molecule has 6 heteroatoms. The van der Waals surface area contributed by atoms with E-state index in [2.05, 4.69) is 0 Å². The van der Waals surface area contributed by atoms with E-state index in [0.717, 1.165) is 11.6 Å². The first-order valence-electron chi connectivity index (χ1n) is 9.72. The standard InChI is InChI=1S/C24H22O6/c25-16-9-7-15(8-10-16)23-21(29)12-17-19(27)13-20(28)22(24(17)30-23)18(26)11-6-14-4-2-1-3-5-14/h1-5,7-10,13,21,23,25,27-29H,6,11-12H2/t21-,23-/m1/s1. The van der Waals surface area contributed by atoms with Crippen LogP contribution in [0.4, 0.5) is 0 Å². The molecule has 154 valence electrons. The van der Waals surface area contributed by atoms with Gasteiger partial charge in [0.05, 0.1) is 6.10 Å². The summed E-state index contributed by atoms with van der Waals surface area (Å²) in [5.74, 6) is -0.727. The third-order valence-electron chi connectivity index (χ3n) is 5.33. The summed E-state index contributed by atoms with van der Waals surface area (Å²) in [6.07, 6.45) is -1.06. The third-order valence-corrected chi connectivity index (χ3v) is 5.33. The molecule has 30 heavy (non-hydrogen) atoms. The fraction of sp³-hybridized carbons (Fsp3) is 0.208.